The molecule has 2 amide bonds. The van der Waals surface area contributed by atoms with Crippen molar-refractivity contribution >= 4 is 57.3 Å². The summed E-state index contributed by atoms with van der Waals surface area (Å²) in [4.78, 5) is 58.6. The number of methoxy groups -OCH3 is 1. The minimum absolute atomic E-state index is 0.00919. The molecule has 2 aromatic rings. The number of Topliss-reactive ketones (excluding diaryl/α,β-unsaturated/α-hetero) is 1. The number of fused-ring (bicyclic) bond motifs is 3. The number of morpholine rings is 1. The normalized spacial score (nSPS) is 26.7. The van der Waals surface area contributed by atoms with Gasteiger partial charge in [0.05, 0.1) is 41.4 Å². The number of imide groups is 1. The quantitative estimate of drug-likeness (QED) is 0.215. The lowest BCUT2D eigenvalue weighted by Gasteiger charge is -2.42. The van der Waals surface area contributed by atoms with Crippen LogP contribution in [0.5, 0.6) is 11.5 Å². The van der Waals surface area contributed by atoms with Crippen molar-refractivity contribution in [2.45, 2.75) is 25.7 Å². The topological polar surface area (TPSA) is 113 Å². The van der Waals surface area contributed by atoms with Gasteiger partial charge < -0.3 is 19.5 Å². The minimum atomic E-state index is -0.661. The van der Waals surface area contributed by atoms with Crippen LogP contribution in [0.1, 0.15) is 31.2 Å². The molecule has 0 bridgehead atoms. The van der Waals surface area contributed by atoms with Gasteiger partial charge in [0.2, 0.25) is 11.8 Å². The zero-order valence-corrected chi connectivity index (χ0v) is 26.5. The largest absolute Gasteiger partial charge is 0.504 e. The zero-order chi connectivity index (χ0) is 30.9. The predicted molar refractivity (Wildman–Crippen MR) is 171 cm³/mol. The lowest BCUT2D eigenvalue weighted by Crippen LogP contribution is -2.39. The van der Waals surface area contributed by atoms with E-state index in [0.717, 1.165) is 24.4 Å². The summed E-state index contributed by atoms with van der Waals surface area (Å²) in [6, 6.07) is 11.0. The van der Waals surface area contributed by atoms with Gasteiger partial charge in [-0.05, 0) is 96.3 Å². The molecule has 2 fully saturated rings. The number of phenolic OH excluding ortho intramolecular Hbond substituents is 1. The lowest BCUT2D eigenvalue weighted by molar-refractivity contribution is -0.123. The standard InChI is InChI=1S/C34H31IN2O7/c1-17-13-26(38)24-16-23-21(28(30(24)31(17)39)18-14-25(35)32(40)27(15-18)43-2)7-8-22-29(23)34(42)37(33(22)41)20-5-3-19(4-6-20)36-9-11-44-12-10-36/h3-7,13-15,22-23,28-29,40H,8-12,16H2,1-2H3/t22-,23+,28-,29-/m0/s1. The maximum absolute atomic E-state index is 14.2. The van der Waals surface area contributed by atoms with Crippen molar-refractivity contribution in [2.24, 2.45) is 17.8 Å². The first kappa shape index (κ1) is 29.0. The van der Waals surface area contributed by atoms with Gasteiger partial charge in [0.15, 0.2) is 23.1 Å². The predicted octanol–water partition coefficient (Wildman–Crippen LogP) is 4.48. The van der Waals surface area contributed by atoms with Crippen molar-refractivity contribution in [2.75, 3.05) is 43.2 Å². The average Bonchev–Trinajstić information content (AvgIpc) is 3.30. The van der Waals surface area contributed by atoms with Crippen LogP contribution in [0.15, 0.2) is 70.8 Å². The number of aromatic hydroxyl groups is 1. The maximum Gasteiger partial charge on any atom is 0.238 e. The summed E-state index contributed by atoms with van der Waals surface area (Å²) in [6.07, 6.45) is 3.93. The van der Waals surface area contributed by atoms with Crippen LogP contribution in [0, 0.1) is 21.3 Å². The first-order chi connectivity index (χ1) is 21.2. The van der Waals surface area contributed by atoms with E-state index in [9.17, 15) is 24.3 Å². The molecule has 2 aromatic carbocycles. The summed E-state index contributed by atoms with van der Waals surface area (Å²) in [6.45, 7) is 4.51. The summed E-state index contributed by atoms with van der Waals surface area (Å²) >= 11 is 2.02. The Hall–Kier alpha value is -3.77. The Bertz CT molecular complexity index is 1720. The van der Waals surface area contributed by atoms with Crippen LogP contribution in [0.2, 0.25) is 0 Å². The molecule has 3 aliphatic carbocycles. The second kappa shape index (κ2) is 11.0. The van der Waals surface area contributed by atoms with Crippen LogP contribution in [-0.2, 0) is 23.9 Å². The third-order valence-corrected chi connectivity index (χ3v) is 10.5. The SMILES string of the molecule is COc1cc([C@H]2C3=CC[C@@H]4C(=O)N(c5ccc(N6CCOCC6)cc5)C(=O)[C@@H]4[C@@H]3CC3=C2C(=O)C(C)=CC3=O)cc(I)c1O. The van der Waals surface area contributed by atoms with Gasteiger partial charge in [-0.3, -0.25) is 24.1 Å². The second-order valence-corrected chi connectivity index (χ2v) is 13.1. The van der Waals surface area contributed by atoms with Crippen LogP contribution in [0.4, 0.5) is 11.4 Å². The number of rotatable bonds is 4. The molecule has 2 aliphatic heterocycles. The van der Waals surface area contributed by atoms with E-state index in [0.29, 0.717) is 51.2 Å². The van der Waals surface area contributed by atoms with E-state index in [-0.39, 0.29) is 41.3 Å². The molecule has 0 saturated carbocycles. The van der Waals surface area contributed by atoms with E-state index >= 15 is 0 Å². The number of phenols is 1. The zero-order valence-electron chi connectivity index (χ0n) is 24.3. The van der Waals surface area contributed by atoms with E-state index in [4.69, 9.17) is 9.47 Å². The first-order valence-electron chi connectivity index (χ1n) is 14.8. The highest BCUT2D eigenvalue weighted by Gasteiger charge is 2.56. The van der Waals surface area contributed by atoms with Gasteiger partial charge in [0, 0.05) is 41.4 Å². The van der Waals surface area contributed by atoms with Crippen molar-refractivity contribution in [1.82, 2.24) is 0 Å². The monoisotopic (exact) mass is 706 g/mol. The average molecular weight is 707 g/mol. The van der Waals surface area contributed by atoms with Crippen LogP contribution >= 0.6 is 22.6 Å². The van der Waals surface area contributed by atoms with Crippen molar-refractivity contribution in [3.05, 3.63) is 80.0 Å². The van der Waals surface area contributed by atoms with E-state index < -0.39 is 23.7 Å². The molecular formula is C34H31IN2O7. The van der Waals surface area contributed by atoms with E-state index in [2.05, 4.69) is 4.90 Å². The van der Waals surface area contributed by atoms with E-state index in [1.165, 1.54) is 18.1 Å². The third kappa shape index (κ3) is 4.44. The van der Waals surface area contributed by atoms with Crippen molar-refractivity contribution < 1.29 is 33.8 Å². The Morgan fingerprint density at radius 3 is 2.39 bits per heavy atom. The molecule has 2 heterocycles. The Balaban J connectivity index is 1.28. The number of ketones is 2. The molecular weight excluding hydrogens is 675 g/mol. The number of ether oxygens (including phenoxy) is 2. The Morgan fingerprint density at radius 2 is 1.68 bits per heavy atom. The number of hydrogen-bond acceptors (Lipinski definition) is 8. The lowest BCUT2D eigenvalue weighted by atomic mass is 9.59. The molecule has 7 rings (SSSR count). The molecule has 10 heteroatoms. The summed E-state index contributed by atoms with van der Waals surface area (Å²) in [5, 5.41) is 10.6. The minimum Gasteiger partial charge on any atom is -0.504 e. The highest BCUT2D eigenvalue weighted by atomic mass is 127. The third-order valence-electron chi connectivity index (χ3n) is 9.65. The molecule has 0 unspecified atom stereocenters. The number of hydrogen-bond donors (Lipinski definition) is 1. The highest BCUT2D eigenvalue weighted by molar-refractivity contribution is 14.1. The first-order valence-corrected chi connectivity index (χ1v) is 15.8. The van der Waals surface area contributed by atoms with E-state index in [1.54, 1.807) is 19.1 Å². The molecule has 1 N–H and O–H groups in total. The smallest absolute Gasteiger partial charge is 0.238 e. The van der Waals surface area contributed by atoms with E-state index in [1.807, 2.05) is 52.9 Å². The van der Waals surface area contributed by atoms with Gasteiger partial charge in [0.25, 0.3) is 0 Å². The number of nitrogens with zero attached hydrogens (tertiary/aromatic N) is 2. The second-order valence-electron chi connectivity index (χ2n) is 11.9. The summed E-state index contributed by atoms with van der Waals surface area (Å²) in [5.74, 6) is -2.99. The molecule has 0 aromatic heterocycles. The van der Waals surface area contributed by atoms with Gasteiger partial charge in [-0.1, -0.05) is 11.6 Å². The van der Waals surface area contributed by atoms with Crippen molar-refractivity contribution in [3.63, 3.8) is 0 Å². The number of carbonyl (C=O) groups excluding carboxylic acids is 4. The summed E-state index contributed by atoms with van der Waals surface area (Å²) in [5.41, 5.74) is 4.25. The van der Waals surface area contributed by atoms with Gasteiger partial charge in [0.1, 0.15) is 0 Å². The van der Waals surface area contributed by atoms with Gasteiger partial charge in [-0.2, -0.15) is 0 Å². The Kier molecular flexibility index (Phi) is 7.24. The number of benzene rings is 2. The number of halogens is 1. The molecule has 44 heavy (non-hydrogen) atoms. The molecule has 0 spiro atoms. The van der Waals surface area contributed by atoms with Gasteiger partial charge in [-0.25, -0.2) is 0 Å². The Labute approximate surface area is 268 Å². The van der Waals surface area contributed by atoms with Crippen molar-refractivity contribution in [3.8, 4) is 11.5 Å². The highest BCUT2D eigenvalue weighted by Crippen LogP contribution is 2.56. The fourth-order valence-electron chi connectivity index (χ4n) is 7.55. The molecule has 0 radical (unpaired) electrons. The molecule has 5 aliphatic rings. The number of allylic oxidation sites excluding steroid dienone is 6. The van der Waals surface area contributed by atoms with Crippen molar-refractivity contribution in [1.29, 1.82) is 0 Å². The number of anilines is 2. The molecule has 9 nitrogen and oxygen atoms in total. The fraction of sp³-hybridized carbons (Fsp3) is 0.353. The number of carbonyl (C=O) groups is 4. The Morgan fingerprint density at radius 1 is 0.977 bits per heavy atom. The van der Waals surface area contributed by atoms with Gasteiger partial charge >= 0.3 is 0 Å². The number of amides is 2. The summed E-state index contributed by atoms with van der Waals surface area (Å²) in [7, 11) is 1.46. The maximum atomic E-state index is 14.2. The summed E-state index contributed by atoms with van der Waals surface area (Å²) < 4.78 is 11.4. The van der Waals surface area contributed by atoms with Crippen LogP contribution in [0.3, 0.4) is 0 Å². The van der Waals surface area contributed by atoms with Crippen LogP contribution in [0.25, 0.3) is 0 Å². The fourth-order valence-corrected chi connectivity index (χ4v) is 8.17. The van der Waals surface area contributed by atoms with Gasteiger partial charge in [-0.15, -0.1) is 0 Å². The van der Waals surface area contributed by atoms with Crippen LogP contribution < -0.4 is 14.5 Å². The molecule has 4 atom stereocenters. The molecule has 2 saturated heterocycles. The van der Waals surface area contributed by atoms with Crippen LogP contribution in [-0.4, -0.2) is 61.9 Å². The molecule has 226 valence electrons.